The SMILES string of the molecule is CCCc1ccc(S(=O)(=O)n2nc(C)cc2C)cc1. The fraction of sp³-hybridized carbons (Fsp3) is 0.357. The summed E-state index contributed by atoms with van der Waals surface area (Å²) in [5.74, 6) is 0. The molecule has 0 amide bonds. The van der Waals surface area contributed by atoms with Crippen molar-refractivity contribution in [3.63, 3.8) is 0 Å². The van der Waals surface area contributed by atoms with Gasteiger partial charge >= 0.3 is 0 Å². The van der Waals surface area contributed by atoms with Crippen LogP contribution < -0.4 is 0 Å². The summed E-state index contributed by atoms with van der Waals surface area (Å²) in [5, 5.41) is 4.05. The average Bonchev–Trinajstić information content (AvgIpc) is 2.70. The van der Waals surface area contributed by atoms with Crippen molar-refractivity contribution in [2.24, 2.45) is 0 Å². The van der Waals surface area contributed by atoms with E-state index in [1.807, 2.05) is 12.1 Å². The molecule has 0 saturated carbocycles. The summed E-state index contributed by atoms with van der Waals surface area (Å²) in [6.07, 6.45) is 2.00. The molecule has 0 aliphatic carbocycles. The van der Waals surface area contributed by atoms with Crippen LogP contribution in [-0.4, -0.2) is 17.6 Å². The van der Waals surface area contributed by atoms with Gasteiger partial charge in [-0.2, -0.15) is 17.6 Å². The zero-order chi connectivity index (χ0) is 14.0. The Hall–Kier alpha value is -1.62. The minimum atomic E-state index is -3.57. The third kappa shape index (κ3) is 2.71. The fourth-order valence-corrected chi connectivity index (χ4v) is 3.42. The van der Waals surface area contributed by atoms with Crippen molar-refractivity contribution in [3.05, 3.63) is 47.3 Å². The Bertz CT molecular complexity index is 670. The van der Waals surface area contributed by atoms with Crippen molar-refractivity contribution in [3.8, 4) is 0 Å². The quantitative estimate of drug-likeness (QED) is 0.864. The lowest BCUT2D eigenvalue weighted by molar-refractivity contribution is 0.577. The summed E-state index contributed by atoms with van der Waals surface area (Å²) in [6, 6.07) is 8.78. The second kappa shape index (κ2) is 5.17. The number of aromatic nitrogens is 2. The zero-order valence-corrected chi connectivity index (χ0v) is 12.2. The van der Waals surface area contributed by atoms with Crippen molar-refractivity contribution >= 4 is 10.0 Å². The monoisotopic (exact) mass is 278 g/mol. The van der Waals surface area contributed by atoms with Gasteiger partial charge in [-0.05, 0) is 44.0 Å². The van der Waals surface area contributed by atoms with Gasteiger partial charge in [0.1, 0.15) is 0 Å². The number of rotatable bonds is 4. The molecule has 0 aliphatic heterocycles. The second-order valence-electron chi connectivity index (χ2n) is 4.67. The number of benzene rings is 1. The largest absolute Gasteiger partial charge is 0.283 e. The topological polar surface area (TPSA) is 52.0 Å². The molecule has 0 radical (unpaired) electrons. The van der Waals surface area contributed by atoms with Gasteiger partial charge in [-0.15, -0.1) is 0 Å². The number of hydrogen-bond donors (Lipinski definition) is 0. The van der Waals surface area contributed by atoms with Gasteiger partial charge in [0, 0.05) is 0 Å². The number of aryl methyl sites for hydroxylation is 3. The summed E-state index contributed by atoms with van der Waals surface area (Å²) in [5.41, 5.74) is 2.47. The third-order valence-electron chi connectivity index (χ3n) is 2.96. The smallest absolute Gasteiger partial charge is 0.199 e. The molecule has 0 saturated heterocycles. The van der Waals surface area contributed by atoms with Crippen LogP contribution in [0.5, 0.6) is 0 Å². The van der Waals surface area contributed by atoms with Gasteiger partial charge in [0.2, 0.25) is 0 Å². The van der Waals surface area contributed by atoms with Crippen LogP contribution in [0, 0.1) is 13.8 Å². The molecule has 19 heavy (non-hydrogen) atoms. The molecular formula is C14H18N2O2S. The van der Waals surface area contributed by atoms with Gasteiger partial charge in [-0.3, -0.25) is 0 Å². The summed E-state index contributed by atoms with van der Waals surface area (Å²) in [4.78, 5) is 0.276. The minimum Gasteiger partial charge on any atom is -0.199 e. The first-order valence-electron chi connectivity index (χ1n) is 6.33. The van der Waals surface area contributed by atoms with Crippen molar-refractivity contribution in [2.45, 2.75) is 38.5 Å². The van der Waals surface area contributed by atoms with Crippen LogP contribution in [0.2, 0.25) is 0 Å². The van der Waals surface area contributed by atoms with E-state index >= 15 is 0 Å². The van der Waals surface area contributed by atoms with Crippen LogP contribution in [0.4, 0.5) is 0 Å². The highest BCUT2D eigenvalue weighted by atomic mass is 32.2. The summed E-state index contributed by atoms with van der Waals surface area (Å²) in [6.45, 7) is 5.62. The molecule has 0 N–H and O–H groups in total. The number of nitrogens with zero attached hydrogens (tertiary/aromatic N) is 2. The van der Waals surface area contributed by atoms with Gasteiger partial charge < -0.3 is 0 Å². The second-order valence-corrected chi connectivity index (χ2v) is 6.44. The molecule has 4 nitrogen and oxygen atoms in total. The molecule has 2 rings (SSSR count). The molecule has 1 aromatic heterocycles. The summed E-state index contributed by atoms with van der Waals surface area (Å²) < 4.78 is 26.0. The highest BCUT2D eigenvalue weighted by molar-refractivity contribution is 7.89. The molecule has 102 valence electrons. The molecule has 0 aliphatic rings. The predicted molar refractivity (Wildman–Crippen MR) is 74.7 cm³/mol. The van der Waals surface area contributed by atoms with E-state index in [9.17, 15) is 8.42 Å². The molecule has 0 spiro atoms. The Morgan fingerprint density at radius 1 is 1.16 bits per heavy atom. The van der Waals surface area contributed by atoms with Crippen molar-refractivity contribution in [1.29, 1.82) is 0 Å². The summed E-state index contributed by atoms with van der Waals surface area (Å²) >= 11 is 0. The van der Waals surface area contributed by atoms with Gasteiger partial charge in [0.05, 0.1) is 16.3 Å². The average molecular weight is 278 g/mol. The maximum Gasteiger partial charge on any atom is 0.283 e. The van der Waals surface area contributed by atoms with Gasteiger partial charge in [0.15, 0.2) is 0 Å². The standard InChI is InChI=1S/C14H18N2O2S/c1-4-5-13-6-8-14(9-7-13)19(17,18)16-12(3)10-11(2)15-16/h6-10H,4-5H2,1-3H3. The van der Waals surface area contributed by atoms with Gasteiger partial charge in [-0.25, -0.2) is 0 Å². The summed E-state index contributed by atoms with van der Waals surface area (Å²) in [7, 11) is -3.57. The first-order chi connectivity index (χ1) is 8.95. The minimum absolute atomic E-state index is 0.276. The van der Waals surface area contributed by atoms with Crippen LogP contribution >= 0.6 is 0 Å². The predicted octanol–water partition coefficient (Wildman–Crippen LogP) is 2.69. The third-order valence-corrected chi connectivity index (χ3v) is 4.65. The molecule has 5 heteroatoms. The Morgan fingerprint density at radius 3 is 2.26 bits per heavy atom. The molecule has 0 atom stereocenters. The number of hydrogen-bond acceptors (Lipinski definition) is 3. The van der Waals surface area contributed by atoms with Crippen LogP contribution in [0.15, 0.2) is 35.2 Å². The molecule has 2 aromatic rings. The highest BCUT2D eigenvalue weighted by Gasteiger charge is 2.19. The maximum atomic E-state index is 12.4. The Kier molecular flexibility index (Phi) is 3.75. The normalized spacial score (nSPS) is 11.7. The first kappa shape index (κ1) is 13.8. The van der Waals surface area contributed by atoms with Crippen molar-refractivity contribution < 1.29 is 8.42 Å². The van der Waals surface area contributed by atoms with Crippen molar-refractivity contribution in [2.75, 3.05) is 0 Å². The lowest BCUT2D eigenvalue weighted by Gasteiger charge is -2.07. The fourth-order valence-electron chi connectivity index (χ4n) is 2.07. The Labute approximate surface area is 114 Å². The lowest BCUT2D eigenvalue weighted by Crippen LogP contribution is -2.16. The van der Waals surface area contributed by atoms with Crippen molar-refractivity contribution in [1.82, 2.24) is 9.19 Å². The Morgan fingerprint density at radius 2 is 1.79 bits per heavy atom. The van der Waals surface area contributed by atoms with Crippen LogP contribution in [0.25, 0.3) is 0 Å². The molecule has 1 heterocycles. The van der Waals surface area contributed by atoms with Crippen LogP contribution in [0.1, 0.15) is 30.3 Å². The Balaban J connectivity index is 2.42. The zero-order valence-electron chi connectivity index (χ0n) is 11.4. The van der Waals surface area contributed by atoms with E-state index in [2.05, 4.69) is 12.0 Å². The molecule has 0 unspecified atom stereocenters. The van der Waals surface area contributed by atoms with E-state index in [-0.39, 0.29) is 4.90 Å². The van der Waals surface area contributed by atoms with E-state index in [0.717, 1.165) is 22.5 Å². The maximum absolute atomic E-state index is 12.4. The molecular weight excluding hydrogens is 260 g/mol. The van der Waals surface area contributed by atoms with Gasteiger partial charge in [-0.1, -0.05) is 25.5 Å². The first-order valence-corrected chi connectivity index (χ1v) is 7.77. The van der Waals surface area contributed by atoms with E-state index in [0.29, 0.717) is 11.4 Å². The molecule has 1 aromatic carbocycles. The highest BCUT2D eigenvalue weighted by Crippen LogP contribution is 2.17. The van der Waals surface area contributed by atoms with E-state index in [4.69, 9.17) is 0 Å². The van der Waals surface area contributed by atoms with Gasteiger partial charge in [0.25, 0.3) is 10.0 Å². The van der Waals surface area contributed by atoms with Crippen LogP contribution in [-0.2, 0) is 16.4 Å². The molecule has 0 fully saturated rings. The van der Waals surface area contributed by atoms with E-state index < -0.39 is 10.0 Å². The van der Waals surface area contributed by atoms with E-state index in [1.54, 1.807) is 32.0 Å². The van der Waals surface area contributed by atoms with E-state index in [1.165, 1.54) is 0 Å². The molecule has 0 bridgehead atoms. The van der Waals surface area contributed by atoms with Crippen LogP contribution in [0.3, 0.4) is 0 Å². The lowest BCUT2D eigenvalue weighted by atomic mass is 10.1.